The molecule has 0 radical (unpaired) electrons. The van der Waals surface area contributed by atoms with Crippen molar-refractivity contribution in [1.29, 1.82) is 0 Å². The van der Waals surface area contributed by atoms with Crippen molar-refractivity contribution in [2.45, 2.75) is 6.54 Å². The van der Waals surface area contributed by atoms with Crippen LogP contribution in [-0.2, 0) is 6.54 Å². The molecule has 0 aliphatic carbocycles. The number of carbonyl (C=O) groups is 1. The first-order valence-electron chi connectivity index (χ1n) is 7.48. The number of nitrogens with one attached hydrogen (secondary N) is 1. The number of amides is 1. The first-order chi connectivity index (χ1) is 11.8. The van der Waals surface area contributed by atoms with E-state index >= 15 is 0 Å². The number of rotatable bonds is 4. The van der Waals surface area contributed by atoms with Gasteiger partial charge in [-0.25, -0.2) is 4.52 Å². The first-order valence-corrected chi connectivity index (χ1v) is 7.48. The van der Waals surface area contributed by atoms with Crippen LogP contribution in [0.4, 0.5) is 0 Å². The van der Waals surface area contributed by atoms with E-state index in [2.05, 4.69) is 20.6 Å². The number of nitrogens with zero attached hydrogens (tertiary/aromatic N) is 5. The fourth-order valence-electron chi connectivity index (χ4n) is 2.44. The van der Waals surface area contributed by atoms with Crippen LogP contribution in [0.3, 0.4) is 0 Å². The van der Waals surface area contributed by atoms with Gasteiger partial charge in [-0.1, -0.05) is 24.3 Å². The van der Waals surface area contributed by atoms with Crippen LogP contribution >= 0.6 is 0 Å². The number of para-hydroxylation sites is 1. The lowest BCUT2D eigenvalue weighted by Crippen LogP contribution is -2.23. The molecule has 3 aromatic heterocycles. The third kappa shape index (κ3) is 2.63. The molecule has 7 nitrogen and oxygen atoms in total. The Bertz CT molecular complexity index is 988. The average molecular weight is 318 g/mol. The highest BCUT2D eigenvalue weighted by molar-refractivity contribution is 5.91. The predicted molar refractivity (Wildman–Crippen MR) is 87.7 cm³/mol. The minimum Gasteiger partial charge on any atom is -0.346 e. The summed E-state index contributed by atoms with van der Waals surface area (Å²) < 4.78 is 1.77. The lowest BCUT2D eigenvalue weighted by atomic mass is 10.2. The summed E-state index contributed by atoms with van der Waals surface area (Å²) in [7, 11) is 0. The molecule has 0 fully saturated rings. The van der Waals surface area contributed by atoms with Crippen molar-refractivity contribution in [3.05, 3.63) is 78.4 Å². The minimum atomic E-state index is -0.271. The SMILES string of the molecule is O=C(NCc1cnn2ccccc12)c1cnn(-c2ccccc2)n1. The second-order valence-corrected chi connectivity index (χ2v) is 5.24. The molecule has 24 heavy (non-hydrogen) atoms. The lowest BCUT2D eigenvalue weighted by molar-refractivity contribution is 0.0945. The summed E-state index contributed by atoms with van der Waals surface area (Å²) in [5.41, 5.74) is 2.99. The van der Waals surface area contributed by atoms with Gasteiger partial charge in [0.2, 0.25) is 0 Å². The lowest BCUT2D eigenvalue weighted by Gasteiger charge is -2.02. The average Bonchev–Trinajstić information content (AvgIpc) is 3.28. The number of benzene rings is 1. The van der Waals surface area contributed by atoms with Gasteiger partial charge in [0.15, 0.2) is 5.69 Å². The summed E-state index contributed by atoms with van der Waals surface area (Å²) in [6.07, 6.45) is 5.07. The van der Waals surface area contributed by atoms with E-state index in [0.717, 1.165) is 16.8 Å². The van der Waals surface area contributed by atoms with Crippen molar-refractivity contribution in [3.63, 3.8) is 0 Å². The molecule has 1 aromatic carbocycles. The fourth-order valence-corrected chi connectivity index (χ4v) is 2.44. The van der Waals surface area contributed by atoms with Gasteiger partial charge in [-0.2, -0.15) is 15.0 Å². The van der Waals surface area contributed by atoms with Crippen molar-refractivity contribution in [1.82, 2.24) is 29.9 Å². The number of aromatic nitrogens is 5. The molecule has 0 unspecified atom stereocenters. The highest BCUT2D eigenvalue weighted by Crippen LogP contribution is 2.10. The number of hydrogen-bond donors (Lipinski definition) is 1. The van der Waals surface area contributed by atoms with Crippen LogP contribution in [0.5, 0.6) is 0 Å². The van der Waals surface area contributed by atoms with Crippen LogP contribution in [0.15, 0.2) is 67.1 Å². The molecule has 1 N–H and O–H groups in total. The predicted octanol–water partition coefficient (Wildman–Crippen LogP) is 1.84. The Morgan fingerprint density at radius 3 is 2.71 bits per heavy atom. The van der Waals surface area contributed by atoms with Crippen LogP contribution in [-0.4, -0.2) is 30.5 Å². The van der Waals surface area contributed by atoms with Gasteiger partial charge in [0.1, 0.15) is 0 Å². The van der Waals surface area contributed by atoms with Crippen molar-refractivity contribution in [2.75, 3.05) is 0 Å². The van der Waals surface area contributed by atoms with Crippen LogP contribution in [0, 0.1) is 0 Å². The minimum absolute atomic E-state index is 0.271. The molecular weight excluding hydrogens is 304 g/mol. The van der Waals surface area contributed by atoms with E-state index in [1.807, 2.05) is 54.7 Å². The molecule has 4 aromatic rings. The molecule has 0 spiro atoms. The van der Waals surface area contributed by atoms with Crippen LogP contribution in [0.25, 0.3) is 11.2 Å². The fraction of sp³-hybridized carbons (Fsp3) is 0.0588. The first kappa shape index (κ1) is 14.1. The third-order valence-corrected chi connectivity index (χ3v) is 3.66. The summed E-state index contributed by atoms with van der Waals surface area (Å²) in [6.45, 7) is 0.380. The smallest absolute Gasteiger partial charge is 0.273 e. The summed E-state index contributed by atoms with van der Waals surface area (Å²) in [4.78, 5) is 13.7. The summed E-state index contributed by atoms with van der Waals surface area (Å²) in [5.74, 6) is -0.271. The van der Waals surface area contributed by atoms with E-state index in [-0.39, 0.29) is 11.6 Å². The van der Waals surface area contributed by atoms with E-state index < -0.39 is 0 Å². The van der Waals surface area contributed by atoms with Gasteiger partial charge >= 0.3 is 0 Å². The zero-order valence-electron chi connectivity index (χ0n) is 12.7. The zero-order valence-corrected chi connectivity index (χ0v) is 12.7. The van der Waals surface area contributed by atoms with Gasteiger partial charge in [0.25, 0.3) is 5.91 Å². The second kappa shape index (κ2) is 5.96. The normalized spacial score (nSPS) is 10.8. The Balaban J connectivity index is 1.48. The number of pyridine rings is 1. The maximum Gasteiger partial charge on any atom is 0.273 e. The molecule has 0 atom stereocenters. The quantitative estimate of drug-likeness (QED) is 0.623. The Kier molecular flexibility index (Phi) is 3.51. The largest absolute Gasteiger partial charge is 0.346 e. The van der Waals surface area contributed by atoms with Crippen LogP contribution in [0.1, 0.15) is 16.1 Å². The van der Waals surface area contributed by atoms with E-state index in [1.54, 1.807) is 10.7 Å². The van der Waals surface area contributed by atoms with Crippen LogP contribution in [0.2, 0.25) is 0 Å². The summed E-state index contributed by atoms with van der Waals surface area (Å²) >= 11 is 0. The zero-order chi connectivity index (χ0) is 16.4. The van der Waals surface area contributed by atoms with E-state index in [4.69, 9.17) is 0 Å². The van der Waals surface area contributed by atoms with Crippen molar-refractivity contribution >= 4 is 11.4 Å². The molecule has 3 heterocycles. The number of fused-ring (bicyclic) bond motifs is 1. The van der Waals surface area contributed by atoms with E-state index in [0.29, 0.717) is 6.54 Å². The molecular formula is C17H14N6O. The maximum absolute atomic E-state index is 12.3. The number of hydrogen-bond acceptors (Lipinski definition) is 4. The second-order valence-electron chi connectivity index (χ2n) is 5.24. The van der Waals surface area contributed by atoms with Crippen LogP contribution < -0.4 is 5.32 Å². The Hall–Kier alpha value is -3.48. The van der Waals surface area contributed by atoms with Crippen molar-refractivity contribution < 1.29 is 4.79 Å². The Morgan fingerprint density at radius 2 is 1.83 bits per heavy atom. The van der Waals surface area contributed by atoms with Gasteiger partial charge in [0, 0.05) is 18.3 Å². The van der Waals surface area contributed by atoms with Gasteiger partial charge in [-0.15, -0.1) is 5.10 Å². The molecule has 0 saturated carbocycles. The Labute approximate surface area is 137 Å². The summed E-state index contributed by atoms with van der Waals surface area (Å²) in [6, 6.07) is 15.3. The number of carbonyl (C=O) groups excluding carboxylic acids is 1. The molecule has 0 aliphatic rings. The van der Waals surface area contributed by atoms with Gasteiger partial charge < -0.3 is 5.32 Å². The highest BCUT2D eigenvalue weighted by Gasteiger charge is 2.12. The van der Waals surface area contributed by atoms with Gasteiger partial charge in [-0.3, -0.25) is 4.79 Å². The molecule has 1 amide bonds. The monoisotopic (exact) mass is 318 g/mol. The summed E-state index contributed by atoms with van der Waals surface area (Å²) in [5, 5.41) is 15.4. The topological polar surface area (TPSA) is 77.1 Å². The molecule has 0 bridgehead atoms. The van der Waals surface area contributed by atoms with Gasteiger partial charge in [0.05, 0.1) is 23.6 Å². The molecule has 118 valence electrons. The van der Waals surface area contributed by atoms with Crippen molar-refractivity contribution in [2.24, 2.45) is 0 Å². The molecule has 0 aliphatic heterocycles. The highest BCUT2D eigenvalue weighted by atomic mass is 16.2. The van der Waals surface area contributed by atoms with E-state index in [1.165, 1.54) is 11.0 Å². The third-order valence-electron chi connectivity index (χ3n) is 3.66. The molecule has 7 heteroatoms. The van der Waals surface area contributed by atoms with Gasteiger partial charge in [-0.05, 0) is 24.3 Å². The molecule has 0 saturated heterocycles. The molecule has 4 rings (SSSR count). The van der Waals surface area contributed by atoms with E-state index in [9.17, 15) is 4.79 Å². The Morgan fingerprint density at radius 1 is 1.00 bits per heavy atom. The maximum atomic E-state index is 12.3. The standard InChI is InChI=1S/C17H14N6O/c24-17(15-12-20-23(21-15)14-6-2-1-3-7-14)18-10-13-11-19-22-9-5-4-8-16(13)22/h1-9,11-12H,10H2,(H,18,24). The van der Waals surface area contributed by atoms with Crippen molar-refractivity contribution in [3.8, 4) is 5.69 Å².